The van der Waals surface area contributed by atoms with Crippen molar-refractivity contribution in [3.63, 3.8) is 0 Å². The first-order valence-electron chi connectivity index (χ1n) is 9.71. The number of rotatable bonds is 2. The Balaban J connectivity index is 1.58. The number of hydrogen-bond acceptors (Lipinski definition) is 5. The molecule has 5 aliphatic rings. The Labute approximate surface area is 153 Å². The zero-order chi connectivity index (χ0) is 18.5. The molecule has 4 fully saturated rings. The Morgan fingerprint density at radius 1 is 1.31 bits per heavy atom. The molecule has 0 aromatic heterocycles. The van der Waals surface area contributed by atoms with Gasteiger partial charge >= 0.3 is 0 Å². The van der Waals surface area contributed by atoms with Crippen LogP contribution in [0.15, 0.2) is 23.8 Å². The van der Waals surface area contributed by atoms with Crippen molar-refractivity contribution in [1.29, 1.82) is 0 Å². The number of aliphatic hydroxyl groups excluding tert-OH is 1. The Bertz CT molecular complexity index is 783. The maximum atomic E-state index is 12.4. The fraction of sp³-hybridized carbons (Fsp3) is 0.714. The van der Waals surface area contributed by atoms with E-state index in [0.29, 0.717) is 12.8 Å². The fourth-order valence-corrected chi connectivity index (χ4v) is 7.24. The molecule has 0 bridgehead atoms. The van der Waals surface area contributed by atoms with Gasteiger partial charge in [0, 0.05) is 10.8 Å². The van der Waals surface area contributed by atoms with Crippen LogP contribution in [0.5, 0.6) is 0 Å². The summed E-state index contributed by atoms with van der Waals surface area (Å²) in [4.78, 5) is 24.3. The molecule has 7 atom stereocenters. The molecule has 4 aliphatic carbocycles. The fourth-order valence-electron chi connectivity index (χ4n) is 7.24. The lowest BCUT2D eigenvalue weighted by Gasteiger charge is -2.55. The van der Waals surface area contributed by atoms with E-state index in [2.05, 4.69) is 6.92 Å². The molecule has 5 heteroatoms. The van der Waals surface area contributed by atoms with E-state index in [1.807, 2.05) is 13.0 Å². The van der Waals surface area contributed by atoms with Crippen LogP contribution in [0.1, 0.15) is 46.0 Å². The number of hydrogen-bond donors (Lipinski definition) is 2. The first-order valence-corrected chi connectivity index (χ1v) is 9.71. The normalized spacial score (nSPS) is 53.9. The number of carbonyl (C=O) groups excluding carboxylic acids is 2. The number of fused-ring (bicyclic) bond motifs is 3. The van der Waals surface area contributed by atoms with Gasteiger partial charge in [-0.1, -0.05) is 18.6 Å². The molecule has 6 unspecified atom stereocenters. The van der Waals surface area contributed by atoms with Crippen LogP contribution >= 0.6 is 0 Å². The van der Waals surface area contributed by atoms with Gasteiger partial charge in [-0.2, -0.15) is 0 Å². The molecular formula is C21H26O5. The minimum atomic E-state index is -1.46. The monoisotopic (exact) mass is 358 g/mol. The zero-order valence-corrected chi connectivity index (χ0v) is 15.3. The van der Waals surface area contributed by atoms with Crippen LogP contribution in [0.3, 0.4) is 0 Å². The van der Waals surface area contributed by atoms with Gasteiger partial charge < -0.3 is 14.9 Å². The summed E-state index contributed by atoms with van der Waals surface area (Å²) in [5.74, 6) is 0.0355. The van der Waals surface area contributed by atoms with Crippen LogP contribution in [-0.4, -0.2) is 45.7 Å². The van der Waals surface area contributed by atoms with Crippen LogP contribution in [0.4, 0.5) is 0 Å². The second-order valence-corrected chi connectivity index (χ2v) is 9.36. The van der Waals surface area contributed by atoms with Crippen molar-refractivity contribution in [3.8, 4) is 0 Å². The maximum absolute atomic E-state index is 12.4. The molecule has 26 heavy (non-hydrogen) atoms. The van der Waals surface area contributed by atoms with Crippen LogP contribution in [0.2, 0.25) is 0 Å². The van der Waals surface area contributed by atoms with Gasteiger partial charge in [0.05, 0.1) is 6.10 Å². The molecule has 1 aliphatic heterocycles. The quantitative estimate of drug-likeness (QED) is 0.734. The summed E-state index contributed by atoms with van der Waals surface area (Å²) in [6.07, 6.45) is 9.04. The van der Waals surface area contributed by atoms with Gasteiger partial charge in [0.25, 0.3) is 0 Å². The van der Waals surface area contributed by atoms with E-state index < -0.39 is 23.4 Å². The molecule has 2 N–H and O–H groups in total. The van der Waals surface area contributed by atoms with Crippen LogP contribution in [0.25, 0.3) is 0 Å². The molecule has 0 aromatic carbocycles. The van der Waals surface area contributed by atoms with Crippen molar-refractivity contribution in [1.82, 2.24) is 0 Å². The topological polar surface area (TPSA) is 87.1 Å². The number of ketones is 2. The van der Waals surface area contributed by atoms with Crippen LogP contribution in [0, 0.1) is 22.7 Å². The van der Waals surface area contributed by atoms with Crippen LogP contribution < -0.4 is 0 Å². The van der Waals surface area contributed by atoms with E-state index >= 15 is 0 Å². The van der Waals surface area contributed by atoms with Gasteiger partial charge in [-0.25, -0.2) is 0 Å². The van der Waals surface area contributed by atoms with E-state index in [0.717, 1.165) is 24.8 Å². The third-order valence-corrected chi connectivity index (χ3v) is 8.69. The molecule has 0 aromatic rings. The molecule has 5 rings (SSSR count). The predicted octanol–water partition coefficient (Wildman–Crippen LogP) is 1.72. The summed E-state index contributed by atoms with van der Waals surface area (Å²) in [6.45, 7) is 3.57. The summed E-state index contributed by atoms with van der Waals surface area (Å²) in [6, 6.07) is 0. The van der Waals surface area contributed by atoms with E-state index in [1.165, 1.54) is 0 Å². The summed E-state index contributed by atoms with van der Waals surface area (Å²) in [5, 5.41) is 20.6. The molecule has 0 amide bonds. The Morgan fingerprint density at radius 2 is 2.08 bits per heavy atom. The van der Waals surface area contributed by atoms with Crippen molar-refractivity contribution in [2.45, 2.75) is 63.3 Å². The molecule has 1 spiro atoms. The van der Waals surface area contributed by atoms with E-state index in [9.17, 15) is 19.8 Å². The van der Waals surface area contributed by atoms with Gasteiger partial charge in [0.15, 0.2) is 11.6 Å². The predicted molar refractivity (Wildman–Crippen MR) is 93.2 cm³/mol. The molecule has 3 saturated carbocycles. The van der Waals surface area contributed by atoms with Crippen molar-refractivity contribution in [2.75, 3.05) is 6.61 Å². The first kappa shape index (κ1) is 16.8. The number of Topliss-reactive ketones (excluding diaryl/α,β-unsaturated/α-hetero) is 1. The van der Waals surface area contributed by atoms with Gasteiger partial charge in [-0.15, -0.1) is 0 Å². The van der Waals surface area contributed by atoms with Crippen molar-refractivity contribution >= 4 is 11.6 Å². The lowest BCUT2D eigenvalue weighted by Crippen LogP contribution is -2.61. The molecule has 1 heterocycles. The third kappa shape index (κ3) is 1.60. The average molecular weight is 358 g/mol. The molecule has 0 radical (unpaired) electrons. The number of allylic oxidation sites excluding steroid dienone is 2. The largest absolute Gasteiger partial charge is 0.388 e. The number of ether oxygens (including phenoxy) is 1. The summed E-state index contributed by atoms with van der Waals surface area (Å²) >= 11 is 0. The van der Waals surface area contributed by atoms with Gasteiger partial charge in [0.1, 0.15) is 17.8 Å². The molecule has 1 saturated heterocycles. The van der Waals surface area contributed by atoms with E-state index in [1.54, 1.807) is 12.2 Å². The zero-order valence-electron chi connectivity index (χ0n) is 15.3. The highest BCUT2D eigenvalue weighted by Gasteiger charge is 2.81. The summed E-state index contributed by atoms with van der Waals surface area (Å²) in [5.41, 5.74) is -1.45. The average Bonchev–Trinajstić information content (AvgIpc) is 3.27. The summed E-state index contributed by atoms with van der Waals surface area (Å²) < 4.78 is 6.40. The van der Waals surface area contributed by atoms with Gasteiger partial charge in [0.2, 0.25) is 0 Å². The Hall–Kier alpha value is -1.30. The smallest absolute Gasteiger partial charge is 0.190 e. The molecular weight excluding hydrogens is 332 g/mol. The van der Waals surface area contributed by atoms with Gasteiger partial charge in [-0.05, 0) is 63.0 Å². The molecule has 140 valence electrons. The second-order valence-electron chi connectivity index (χ2n) is 9.36. The molecule has 5 nitrogen and oxygen atoms in total. The number of carbonyl (C=O) groups is 2. The lowest BCUT2D eigenvalue weighted by molar-refractivity contribution is -0.159. The third-order valence-electron chi connectivity index (χ3n) is 8.69. The van der Waals surface area contributed by atoms with Crippen molar-refractivity contribution in [3.05, 3.63) is 23.8 Å². The highest BCUT2D eigenvalue weighted by atomic mass is 16.6. The number of epoxide rings is 1. The Morgan fingerprint density at radius 3 is 2.81 bits per heavy atom. The SMILES string of the molecule is CC12C=CC(=O)C=C1CCC1C3CC[C@](O)(C(=O)CO)C3(C)CC3OC312. The van der Waals surface area contributed by atoms with E-state index in [4.69, 9.17) is 4.74 Å². The van der Waals surface area contributed by atoms with E-state index in [-0.39, 0.29) is 34.7 Å². The highest BCUT2D eigenvalue weighted by Crippen LogP contribution is 2.75. The first-order chi connectivity index (χ1) is 12.2. The minimum absolute atomic E-state index is 0.0172. The Kier molecular flexibility index (Phi) is 3.08. The summed E-state index contributed by atoms with van der Waals surface area (Å²) in [7, 11) is 0. The maximum Gasteiger partial charge on any atom is 0.190 e. The lowest BCUT2D eigenvalue weighted by atomic mass is 9.47. The minimum Gasteiger partial charge on any atom is -0.388 e. The van der Waals surface area contributed by atoms with Crippen LogP contribution in [-0.2, 0) is 14.3 Å². The van der Waals surface area contributed by atoms with Crippen molar-refractivity contribution in [2.24, 2.45) is 22.7 Å². The van der Waals surface area contributed by atoms with Gasteiger partial charge in [-0.3, -0.25) is 9.59 Å². The number of aliphatic hydroxyl groups is 2. The standard InChI is InChI=1S/C21H26O5/c1-18-7-5-13(23)9-12(18)3-4-15-14-6-8-20(25,16(24)11-22)19(14,2)10-17-21(15,18)26-17/h5,7,9,14-15,17,22,25H,3-4,6,8,10-11H2,1-2H3/t14?,15?,17?,18?,19?,20-,21?/m0/s1. The van der Waals surface area contributed by atoms with Crippen molar-refractivity contribution < 1.29 is 24.5 Å². The second kappa shape index (κ2) is 4.75. The highest BCUT2D eigenvalue weighted by molar-refractivity contribution is 6.01.